The smallest absolute Gasteiger partial charge is 0.292 e. The van der Waals surface area contributed by atoms with Gasteiger partial charge in [0.15, 0.2) is 0 Å². The summed E-state index contributed by atoms with van der Waals surface area (Å²) in [5, 5.41) is 10.6. The molecule has 0 bridgehead atoms. The predicted octanol–water partition coefficient (Wildman–Crippen LogP) is 1.67. The molecule has 0 aliphatic carbocycles. The molecule has 0 saturated carbocycles. The van der Waals surface area contributed by atoms with Crippen LogP contribution in [0.15, 0.2) is 18.2 Å². The molecule has 0 aliphatic rings. The Morgan fingerprint density at radius 1 is 1.44 bits per heavy atom. The number of benzene rings is 1. The molecule has 0 aliphatic heterocycles. The van der Waals surface area contributed by atoms with Crippen molar-refractivity contribution >= 4 is 11.4 Å². The average Bonchev–Trinajstić information content (AvgIpc) is 2.16. The molecule has 5 nitrogen and oxygen atoms in total. The summed E-state index contributed by atoms with van der Waals surface area (Å²) in [6.07, 6.45) is 1.91. The summed E-state index contributed by atoms with van der Waals surface area (Å²) in [5.74, 6) is 0. The molecule has 1 rings (SSSR count). The molecule has 0 unspecified atom stereocenters. The average molecular weight is 223 g/mol. The topological polar surface area (TPSA) is 72.4 Å². The van der Waals surface area contributed by atoms with Gasteiger partial charge in [-0.3, -0.25) is 10.1 Å². The highest BCUT2D eigenvalue weighted by Crippen LogP contribution is 2.22. The van der Waals surface area contributed by atoms with Crippen molar-refractivity contribution < 1.29 is 4.92 Å². The van der Waals surface area contributed by atoms with Gasteiger partial charge in [0.05, 0.1) is 4.92 Å². The van der Waals surface area contributed by atoms with Crippen LogP contribution >= 0.6 is 0 Å². The summed E-state index contributed by atoms with van der Waals surface area (Å²) < 4.78 is 0. The van der Waals surface area contributed by atoms with E-state index in [0.29, 0.717) is 0 Å². The van der Waals surface area contributed by atoms with E-state index in [0.717, 1.165) is 24.9 Å². The number of nitro groups is 1. The van der Waals surface area contributed by atoms with E-state index in [9.17, 15) is 10.1 Å². The number of nitro benzene ring substituents is 1. The lowest BCUT2D eigenvalue weighted by Gasteiger charge is -2.09. The molecule has 88 valence electrons. The number of hydrogen-bond donors (Lipinski definition) is 1. The number of aryl methyl sites for hydroxylation is 1. The number of anilines is 1. The minimum atomic E-state index is -0.459. The van der Waals surface area contributed by atoms with Crippen LogP contribution < -0.4 is 5.73 Å². The standard InChI is InChI=1S/C11H17N3O2/c1-13(2)7-3-4-9-5-6-11(14(15)16)10(12)8-9/h5-6,8H,3-4,7,12H2,1-2H3. The summed E-state index contributed by atoms with van der Waals surface area (Å²) in [5.41, 5.74) is 6.87. The van der Waals surface area contributed by atoms with Crippen LogP contribution in [0.2, 0.25) is 0 Å². The monoisotopic (exact) mass is 223 g/mol. The van der Waals surface area contributed by atoms with Crippen molar-refractivity contribution in [2.45, 2.75) is 12.8 Å². The van der Waals surface area contributed by atoms with Gasteiger partial charge in [0.25, 0.3) is 5.69 Å². The van der Waals surface area contributed by atoms with Crippen molar-refractivity contribution in [2.24, 2.45) is 0 Å². The quantitative estimate of drug-likeness (QED) is 0.468. The van der Waals surface area contributed by atoms with Gasteiger partial charge in [0, 0.05) is 6.07 Å². The zero-order valence-electron chi connectivity index (χ0n) is 9.64. The maximum absolute atomic E-state index is 10.6. The summed E-state index contributed by atoms with van der Waals surface area (Å²) >= 11 is 0. The Labute approximate surface area is 95.0 Å². The molecule has 1 aromatic rings. The molecule has 5 heteroatoms. The number of hydrogen-bond acceptors (Lipinski definition) is 4. The number of nitrogens with zero attached hydrogens (tertiary/aromatic N) is 2. The minimum absolute atomic E-state index is 0.0173. The molecule has 0 saturated heterocycles. The molecule has 0 radical (unpaired) electrons. The van der Waals surface area contributed by atoms with Gasteiger partial charge in [-0.1, -0.05) is 6.07 Å². The third kappa shape index (κ3) is 3.51. The normalized spacial score (nSPS) is 10.7. The van der Waals surface area contributed by atoms with Crippen LogP contribution in [0.1, 0.15) is 12.0 Å². The molecule has 16 heavy (non-hydrogen) atoms. The molecular formula is C11H17N3O2. The van der Waals surface area contributed by atoms with E-state index in [1.54, 1.807) is 12.1 Å². The third-order valence-corrected chi connectivity index (χ3v) is 2.36. The van der Waals surface area contributed by atoms with Gasteiger partial charge in [-0.15, -0.1) is 0 Å². The van der Waals surface area contributed by atoms with Gasteiger partial charge < -0.3 is 10.6 Å². The molecule has 0 atom stereocenters. The molecule has 0 aromatic heterocycles. The van der Waals surface area contributed by atoms with Gasteiger partial charge >= 0.3 is 0 Å². The van der Waals surface area contributed by atoms with Gasteiger partial charge in [0.1, 0.15) is 5.69 Å². The van der Waals surface area contributed by atoms with Crippen LogP contribution in [0.25, 0.3) is 0 Å². The van der Waals surface area contributed by atoms with Crippen molar-refractivity contribution in [3.63, 3.8) is 0 Å². The molecular weight excluding hydrogens is 206 g/mol. The molecule has 1 aromatic carbocycles. The van der Waals surface area contributed by atoms with Crippen LogP contribution in [0.3, 0.4) is 0 Å². The van der Waals surface area contributed by atoms with Gasteiger partial charge in [0.2, 0.25) is 0 Å². The molecule has 2 N–H and O–H groups in total. The highest BCUT2D eigenvalue weighted by atomic mass is 16.6. The first kappa shape index (κ1) is 12.4. The second kappa shape index (κ2) is 5.46. The number of nitrogens with two attached hydrogens (primary N) is 1. The first-order valence-corrected chi connectivity index (χ1v) is 5.18. The Balaban J connectivity index is 2.63. The van der Waals surface area contributed by atoms with Crippen LogP contribution in [-0.2, 0) is 6.42 Å². The third-order valence-electron chi connectivity index (χ3n) is 2.36. The van der Waals surface area contributed by atoms with E-state index < -0.39 is 4.92 Å². The fraction of sp³-hybridized carbons (Fsp3) is 0.455. The van der Waals surface area contributed by atoms with E-state index in [2.05, 4.69) is 4.90 Å². The minimum Gasteiger partial charge on any atom is -0.393 e. The second-order valence-corrected chi connectivity index (χ2v) is 4.06. The highest BCUT2D eigenvalue weighted by Gasteiger charge is 2.10. The van der Waals surface area contributed by atoms with Crippen LogP contribution in [0.5, 0.6) is 0 Å². The van der Waals surface area contributed by atoms with Crippen LogP contribution in [-0.4, -0.2) is 30.5 Å². The molecule has 0 spiro atoms. The molecule has 0 fully saturated rings. The summed E-state index contributed by atoms with van der Waals surface area (Å²) in [7, 11) is 4.04. The Kier molecular flexibility index (Phi) is 4.25. The summed E-state index contributed by atoms with van der Waals surface area (Å²) in [6.45, 7) is 0.997. The lowest BCUT2D eigenvalue weighted by Crippen LogP contribution is -2.13. The van der Waals surface area contributed by atoms with Gasteiger partial charge in [-0.05, 0) is 45.1 Å². The zero-order valence-corrected chi connectivity index (χ0v) is 9.64. The summed E-state index contributed by atoms with van der Waals surface area (Å²) in [6, 6.07) is 4.93. The molecule has 0 amide bonds. The fourth-order valence-electron chi connectivity index (χ4n) is 1.53. The van der Waals surface area contributed by atoms with Crippen molar-refractivity contribution in [2.75, 3.05) is 26.4 Å². The maximum atomic E-state index is 10.6. The van der Waals surface area contributed by atoms with Gasteiger partial charge in [-0.2, -0.15) is 0 Å². The van der Waals surface area contributed by atoms with Crippen molar-refractivity contribution in [1.82, 2.24) is 4.90 Å². The second-order valence-electron chi connectivity index (χ2n) is 4.06. The fourth-order valence-corrected chi connectivity index (χ4v) is 1.53. The predicted molar refractivity (Wildman–Crippen MR) is 64.4 cm³/mol. The lowest BCUT2D eigenvalue weighted by atomic mass is 10.1. The first-order valence-electron chi connectivity index (χ1n) is 5.18. The Morgan fingerprint density at radius 3 is 2.62 bits per heavy atom. The van der Waals surface area contributed by atoms with Gasteiger partial charge in [-0.25, -0.2) is 0 Å². The van der Waals surface area contributed by atoms with Crippen LogP contribution in [0.4, 0.5) is 11.4 Å². The highest BCUT2D eigenvalue weighted by molar-refractivity contribution is 5.59. The number of nitrogen functional groups attached to an aromatic ring is 1. The zero-order chi connectivity index (χ0) is 12.1. The Bertz CT molecular complexity index is 377. The first-order chi connectivity index (χ1) is 7.50. The largest absolute Gasteiger partial charge is 0.393 e. The Hall–Kier alpha value is -1.62. The van der Waals surface area contributed by atoms with E-state index in [4.69, 9.17) is 5.73 Å². The SMILES string of the molecule is CN(C)CCCc1ccc([N+](=O)[O-])c(N)c1. The summed E-state index contributed by atoms with van der Waals surface area (Å²) in [4.78, 5) is 12.2. The molecule has 0 heterocycles. The van der Waals surface area contributed by atoms with Crippen molar-refractivity contribution in [1.29, 1.82) is 0 Å². The van der Waals surface area contributed by atoms with Crippen molar-refractivity contribution in [3.8, 4) is 0 Å². The van der Waals surface area contributed by atoms with E-state index in [1.165, 1.54) is 6.07 Å². The van der Waals surface area contributed by atoms with Crippen molar-refractivity contribution in [3.05, 3.63) is 33.9 Å². The van der Waals surface area contributed by atoms with E-state index in [1.807, 2.05) is 14.1 Å². The maximum Gasteiger partial charge on any atom is 0.292 e. The van der Waals surface area contributed by atoms with E-state index >= 15 is 0 Å². The van der Waals surface area contributed by atoms with Crippen LogP contribution in [0, 0.1) is 10.1 Å². The lowest BCUT2D eigenvalue weighted by molar-refractivity contribution is -0.383. The Morgan fingerprint density at radius 2 is 2.12 bits per heavy atom. The number of rotatable bonds is 5. The van der Waals surface area contributed by atoms with E-state index in [-0.39, 0.29) is 11.4 Å².